The topological polar surface area (TPSA) is 55.4 Å². The molecule has 0 radical (unpaired) electrons. The third-order valence-corrected chi connectivity index (χ3v) is 3.87. The molecule has 0 unspecified atom stereocenters. The fourth-order valence-electron chi connectivity index (χ4n) is 1.44. The Morgan fingerprint density at radius 1 is 0.522 bits per heavy atom. The molecule has 0 aromatic rings. The summed E-state index contributed by atoms with van der Waals surface area (Å²) in [5.41, 5.74) is 0. The Morgan fingerprint density at radius 2 is 0.826 bits per heavy atom. The molecule has 0 saturated carbocycles. The van der Waals surface area contributed by atoms with Crippen LogP contribution in [0.4, 0.5) is 0 Å². The molecule has 0 bridgehead atoms. The first-order valence-corrected chi connectivity index (χ1v) is 12.7. The lowest BCUT2D eigenvalue weighted by Gasteiger charge is -2.16. The van der Waals surface area contributed by atoms with Gasteiger partial charge in [0.05, 0.1) is 72.7 Å². The Kier molecular flexibility index (Phi) is 17.6. The van der Waals surface area contributed by atoms with Gasteiger partial charge in [-0.15, -0.1) is 0 Å². The summed E-state index contributed by atoms with van der Waals surface area (Å²) in [4.78, 5) is 0. The molecule has 0 aromatic heterocycles. The summed E-state index contributed by atoms with van der Waals surface area (Å²) in [6.45, 7) is 13.2. The van der Waals surface area contributed by atoms with Crippen LogP contribution in [0.5, 0.6) is 0 Å². The first-order chi connectivity index (χ1) is 11.1. The van der Waals surface area contributed by atoms with Gasteiger partial charge in [0.1, 0.15) is 0 Å². The van der Waals surface area contributed by atoms with Gasteiger partial charge >= 0.3 is 0 Å². The predicted molar refractivity (Wildman–Crippen MR) is 97.2 cm³/mol. The predicted octanol–water partition coefficient (Wildman–Crippen LogP) is 2.32. The van der Waals surface area contributed by atoms with Crippen molar-refractivity contribution in [1.29, 1.82) is 0 Å². The highest BCUT2D eigenvalue weighted by Crippen LogP contribution is 2.01. The number of alkyl halides is 1. The smallest absolute Gasteiger partial charge is 0.183 e. The Hall–Kier alpha value is 0.457. The maximum Gasteiger partial charge on any atom is 0.183 e. The molecule has 0 aromatic carbocycles. The van der Waals surface area contributed by atoms with Crippen LogP contribution >= 0.6 is 15.9 Å². The van der Waals surface area contributed by atoms with E-state index >= 15 is 0 Å². The molecule has 0 fully saturated rings. The third kappa shape index (κ3) is 22.5. The van der Waals surface area contributed by atoms with Gasteiger partial charge in [-0.3, -0.25) is 0 Å². The molecule has 6 nitrogen and oxygen atoms in total. The van der Waals surface area contributed by atoms with Crippen molar-refractivity contribution >= 4 is 24.2 Å². The van der Waals surface area contributed by atoms with E-state index in [-0.39, 0.29) is 0 Å². The highest BCUT2D eigenvalue weighted by Gasteiger charge is 2.12. The van der Waals surface area contributed by atoms with Crippen LogP contribution in [0.1, 0.15) is 0 Å². The van der Waals surface area contributed by atoms with Crippen LogP contribution in [-0.2, 0) is 28.1 Å². The van der Waals surface area contributed by atoms with Crippen molar-refractivity contribution in [2.24, 2.45) is 0 Å². The minimum atomic E-state index is -1.41. The van der Waals surface area contributed by atoms with Crippen molar-refractivity contribution in [1.82, 2.24) is 0 Å². The molecule has 0 atom stereocenters. The van der Waals surface area contributed by atoms with Gasteiger partial charge in [0, 0.05) is 5.33 Å². The van der Waals surface area contributed by atoms with E-state index in [9.17, 15) is 0 Å². The number of ether oxygens (including phenoxy) is 5. The minimum absolute atomic E-state index is 0.572. The number of halogens is 1. The van der Waals surface area contributed by atoms with Crippen LogP contribution in [0.15, 0.2) is 0 Å². The number of rotatable bonds is 18. The maximum atomic E-state index is 5.68. The zero-order chi connectivity index (χ0) is 17.2. The molecular weight excluding hydrogens is 384 g/mol. The minimum Gasteiger partial charge on any atom is -0.415 e. The Labute approximate surface area is 150 Å². The first kappa shape index (κ1) is 23.5. The summed E-state index contributed by atoms with van der Waals surface area (Å²) < 4.78 is 32.5. The van der Waals surface area contributed by atoms with Crippen molar-refractivity contribution in [3.63, 3.8) is 0 Å². The Bertz CT molecular complexity index is 240. The van der Waals surface area contributed by atoms with Crippen LogP contribution in [-0.4, -0.2) is 86.3 Å². The fraction of sp³-hybridized carbons (Fsp3) is 1.00. The summed E-state index contributed by atoms with van der Waals surface area (Å²) >= 11 is 3.29. The molecule has 0 aliphatic carbocycles. The number of hydrogen-bond donors (Lipinski definition) is 0. The van der Waals surface area contributed by atoms with E-state index < -0.39 is 8.32 Å². The highest BCUT2D eigenvalue weighted by molar-refractivity contribution is 9.09. The van der Waals surface area contributed by atoms with Crippen LogP contribution in [0.2, 0.25) is 19.6 Å². The van der Waals surface area contributed by atoms with Gasteiger partial charge in [0.25, 0.3) is 0 Å². The fourth-order valence-corrected chi connectivity index (χ4v) is 2.37. The average molecular weight is 417 g/mol. The molecule has 0 rings (SSSR count). The quantitative estimate of drug-likeness (QED) is 0.194. The molecule has 0 amide bonds. The molecular formula is C15H33BrO6Si. The molecule has 0 aliphatic heterocycles. The highest BCUT2D eigenvalue weighted by atomic mass is 79.9. The monoisotopic (exact) mass is 416 g/mol. The van der Waals surface area contributed by atoms with Gasteiger partial charge in [-0.25, -0.2) is 0 Å². The van der Waals surface area contributed by atoms with E-state index in [4.69, 9.17) is 28.1 Å². The molecule has 140 valence electrons. The van der Waals surface area contributed by atoms with E-state index in [2.05, 4.69) is 35.6 Å². The van der Waals surface area contributed by atoms with Gasteiger partial charge in [-0.2, -0.15) is 0 Å². The van der Waals surface area contributed by atoms with Crippen molar-refractivity contribution in [2.45, 2.75) is 19.6 Å². The summed E-state index contributed by atoms with van der Waals surface area (Å²) in [6, 6.07) is 0. The standard InChI is InChI=1S/C15H33BrO6Si/c1-23(2,3)22-15-14-21-13-12-20-11-10-19-9-8-18-7-6-17-5-4-16/h4-15H2,1-3H3. The van der Waals surface area contributed by atoms with Crippen LogP contribution in [0.25, 0.3) is 0 Å². The van der Waals surface area contributed by atoms with Crippen LogP contribution in [0.3, 0.4) is 0 Å². The van der Waals surface area contributed by atoms with Crippen molar-refractivity contribution in [3.05, 3.63) is 0 Å². The van der Waals surface area contributed by atoms with E-state index in [0.717, 1.165) is 5.33 Å². The van der Waals surface area contributed by atoms with Crippen LogP contribution < -0.4 is 0 Å². The normalized spacial score (nSPS) is 12.0. The second kappa shape index (κ2) is 17.3. The Morgan fingerprint density at radius 3 is 1.13 bits per heavy atom. The summed E-state index contributed by atoms with van der Waals surface area (Å²) in [7, 11) is -1.41. The molecule has 0 saturated heterocycles. The molecule has 0 aliphatic rings. The van der Waals surface area contributed by atoms with Gasteiger partial charge in [-0.05, 0) is 19.6 Å². The summed E-state index contributed by atoms with van der Waals surface area (Å²) in [5, 5.41) is 0.855. The first-order valence-electron chi connectivity index (χ1n) is 8.15. The zero-order valence-corrected chi connectivity index (χ0v) is 17.4. The summed E-state index contributed by atoms with van der Waals surface area (Å²) in [5.74, 6) is 0. The van der Waals surface area contributed by atoms with Gasteiger partial charge in [0.15, 0.2) is 8.32 Å². The SMILES string of the molecule is C[Si](C)(C)OCCOCCOCCOCCOCCOCCBr. The van der Waals surface area contributed by atoms with Crippen molar-refractivity contribution in [3.8, 4) is 0 Å². The third-order valence-electron chi connectivity index (χ3n) is 2.47. The van der Waals surface area contributed by atoms with Gasteiger partial charge in [0.2, 0.25) is 0 Å². The lowest BCUT2D eigenvalue weighted by atomic mass is 10.7. The molecule has 0 N–H and O–H groups in total. The van der Waals surface area contributed by atoms with E-state index in [1.54, 1.807) is 0 Å². The lowest BCUT2D eigenvalue weighted by molar-refractivity contribution is -0.0119. The maximum absolute atomic E-state index is 5.68. The molecule has 23 heavy (non-hydrogen) atoms. The van der Waals surface area contributed by atoms with Crippen molar-refractivity contribution in [2.75, 3.05) is 78.0 Å². The van der Waals surface area contributed by atoms with E-state index in [1.165, 1.54) is 0 Å². The van der Waals surface area contributed by atoms with Crippen LogP contribution in [0, 0.1) is 0 Å². The zero-order valence-electron chi connectivity index (χ0n) is 14.8. The van der Waals surface area contributed by atoms with Gasteiger partial charge < -0.3 is 28.1 Å². The molecule has 0 spiro atoms. The van der Waals surface area contributed by atoms with Gasteiger partial charge in [-0.1, -0.05) is 15.9 Å². The molecule has 0 heterocycles. The summed E-state index contributed by atoms with van der Waals surface area (Å²) in [6.07, 6.45) is 0. The average Bonchev–Trinajstić information content (AvgIpc) is 2.49. The second-order valence-corrected chi connectivity index (χ2v) is 11.0. The van der Waals surface area contributed by atoms with Crippen molar-refractivity contribution < 1.29 is 28.1 Å². The van der Waals surface area contributed by atoms with E-state index in [1.807, 2.05) is 0 Å². The lowest BCUT2D eigenvalue weighted by Crippen LogP contribution is -2.27. The van der Waals surface area contributed by atoms with E-state index in [0.29, 0.717) is 72.7 Å². The second-order valence-electron chi connectivity index (χ2n) is 5.71. The largest absolute Gasteiger partial charge is 0.415 e. The Balaban J connectivity index is 3.00. The molecule has 8 heteroatoms. The number of hydrogen-bond acceptors (Lipinski definition) is 6.